The zero-order valence-corrected chi connectivity index (χ0v) is 11.3. The highest BCUT2D eigenvalue weighted by molar-refractivity contribution is 6.33. The molecule has 1 amide bonds. The molecule has 0 aliphatic carbocycles. The Morgan fingerprint density at radius 2 is 2.00 bits per heavy atom. The maximum Gasteiger partial charge on any atom is 0.244 e. The van der Waals surface area contributed by atoms with Crippen LogP contribution in [0, 0.1) is 6.92 Å². The van der Waals surface area contributed by atoms with Gasteiger partial charge < -0.3 is 11.1 Å². The number of amides is 1. The molecule has 4 heteroatoms. The van der Waals surface area contributed by atoms with Crippen LogP contribution in [-0.4, -0.2) is 11.4 Å². The molecule has 0 unspecified atom stereocenters. The molecule has 0 bridgehead atoms. The van der Waals surface area contributed by atoms with Crippen LogP contribution in [0.15, 0.2) is 18.2 Å². The minimum absolute atomic E-state index is 0.185. The lowest BCUT2D eigenvalue weighted by Gasteiger charge is -2.25. The molecule has 0 saturated heterocycles. The molecule has 3 nitrogen and oxygen atoms in total. The van der Waals surface area contributed by atoms with E-state index in [2.05, 4.69) is 5.32 Å². The highest BCUT2D eigenvalue weighted by Gasteiger charge is 2.30. The van der Waals surface area contributed by atoms with Gasteiger partial charge in [0, 0.05) is 0 Å². The fraction of sp³-hybridized carbons (Fsp3) is 0.462. The van der Waals surface area contributed by atoms with E-state index in [4.69, 9.17) is 17.3 Å². The molecule has 0 heterocycles. The number of nitrogens with two attached hydrogens (primary N) is 1. The average Bonchev–Trinajstić information content (AvgIpc) is 2.32. The molecule has 0 aromatic heterocycles. The topological polar surface area (TPSA) is 55.1 Å². The molecular weight excluding hydrogens is 236 g/mol. The van der Waals surface area contributed by atoms with E-state index in [1.54, 1.807) is 6.07 Å². The molecule has 0 spiro atoms. The fourth-order valence-corrected chi connectivity index (χ4v) is 1.72. The van der Waals surface area contributed by atoms with Crippen molar-refractivity contribution in [1.82, 2.24) is 0 Å². The van der Waals surface area contributed by atoms with Crippen molar-refractivity contribution in [2.45, 2.75) is 39.2 Å². The predicted molar refractivity (Wildman–Crippen MR) is 72.3 cm³/mol. The van der Waals surface area contributed by atoms with Crippen molar-refractivity contribution < 1.29 is 4.79 Å². The fourth-order valence-electron chi connectivity index (χ4n) is 1.55. The molecule has 0 aliphatic rings. The SMILES string of the molecule is CCC(N)(CC)C(=O)Nc1cc(C)ccc1Cl. The first-order valence-electron chi connectivity index (χ1n) is 5.79. The summed E-state index contributed by atoms with van der Waals surface area (Å²) in [5.41, 5.74) is 6.86. The molecule has 0 radical (unpaired) electrons. The Morgan fingerprint density at radius 3 is 2.53 bits per heavy atom. The lowest BCUT2D eigenvalue weighted by molar-refractivity contribution is -0.121. The standard InChI is InChI=1S/C13H19ClN2O/c1-4-13(15,5-2)12(17)16-11-8-9(3)6-7-10(11)14/h6-8H,4-5,15H2,1-3H3,(H,16,17). The molecule has 1 aromatic carbocycles. The Morgan fingerprint density at radius 1 is 1.41 bits per heavy atom. The van der Waals surface area contributed by atoms with Gasteiger partial charge in [-0.15, -0.1) is 0 Å². The summed E-state index contributed by atoms with van der Waals surface area (Å²) >= 11 is 6.02. The molecule has 0 atom stereocenters. The van der Waals surface area contributed by atoms with Crippen molar-refractivity contribution in [2.24, 2.45) is 5.73 Å². The summed E-state index contributed by atoms with van der Waals surface area (Å²) in [4.78, 5) is 12.1. The lowest BCUT2D eigenvalue weighted by Crippen LogP contribution is -2.50. The van der Waals surface area contributed by atoms with Crippen molar-refractivity contribution in [2.75, 3.05) is 5.32 Å². The maximum absolute atomic E-state index is 12.1. The van der Waals surface area contributed by atoms with Crippen molar-refractivity contribution in [3.63, 3.8) is 0 Å². The van der Waals surface area contributed by atoms with Crippen LogP contribution in [0.3, 0.4) is 0 Å². The quantitative estimate of drug-likeness (QED) is 0.868. The van der Waals surface area contributed by atoms with Gasteiger partial charge in [-0.25, -0.2) is 0 Å². The van der Waals surface area contributed by atoms with Crippen LogP contribution in [0.4, 0.5) is 5.69 Å². The highest BCUT2D eigenvalue weighted by atomic mass is 35.5. The summed E-state index contributed by atoms with van der Waals surface area (Å²) in [6, 6.07) is 5.50. The van der Waals surface area contributed by atoms with E-state index in [0.717, 1.165) is 5.56 Å². The number of rotatable bonds is 4. The Hall–Kier alpha value is -1.06. The first kappa shape index (κ1) is 14.0. The van der Waals surface area contributed by atoms with E-state index in [9.17, 15) is 4.79 Å². The third-order valence-corrected chi connectivity index (χ3v) is 3.41. The molecule has 17 heavy (non-hydrogen) atoms. The number of nitrogens with one attached hydrogen (secondary N) is 1. The highest BCUT2D eigenvalue weighted by Crippen LogP contribution is 2.24. The van der Waals surface area contributed by atoms with Crippen LogP contribution in [0.1, 0.15) is 32.3 Å². The Bertz CT molecular complexity index is 414. The van der Waals surface area contributed by atoms with Gasteiger partial charge >= 0.3 is 0 Å². The van der Waals surface area contributed by atoms with Crippen LogP contribution in [0.5, 0.6) is 0 Å². The third kappa shape index (κ3) is 3.20. The predicted octanol–water partition coefficient (Wildman–Crippen LogP) is 3.10. The van der Waals surface area contributed by atoms with Crippen LogP contribution in [0.2, 0.25) is 5.02 Å². The summed E-state index contributed by atoms with van der Waals surface area (Å²) in [5, 5.41) is 3.32. The van der Waals surface area contributed by atoms with Gasteiger partial charge in [0.15, 0.2) is 0 Å². The van der Waals surface area contributed by atoms with Gasteiger partial charge in [-0.3, -0.25) is 4.79 Å². The average molecular weight is 255 g/mol. The third-order valence-electron chi connectivity index (χ3n) is 3.08. The molecule has 94 valence electrons. The second-order valence-electron chi connectivity index (χ2n) is 4.30. The second-order valence-corrected chi connectivity index (χ2v) is 4.71. The van der Waals surface area contributed by atoms with Gasteiger partial charge in [-0.2, -0.15) is 0 Å². The van der Waals surface area contributed by atoms with Gasteiger partial charge in [0.2, 0.25) is 5.91 Å². The monoisotopic (exact) mass is 254 g/mol. The van der Waals surface area contributed by atoms with E-state index in [0.29, 0.717) is 23.6 Å². The van der Waals surface area contributed by atoms with Crippen LogP contribution < -0.4 is 11.1 Å². The maximum atomic E-state index is 12.1. The second kappa shape index (κ2) is 5.52. The summed E-state index contributed by atoms with van der Waals surface area (Å²) in [5.74, 6) is -0.185. The van der Waals surface area contributed by atoms with Gasteiger partial charge in [0.05, 0.1) is 16.2 Å². The van der Waals surface area contributed by atoms with E-state index in [-0.39, 0.29) is 5.91 Å². The van der Waals surface area contributed by atoms with E-state index in [1.165, 1.54) is 0 Å². The van der Waals surface area contributed by atoms with Crippen molar-refractivity contribution in [3.8, 4) is 0 Å². The molecule has 3 N–H and O–H groups in total. The van der Waals surface area contributed by atoms with Gasteiger partial charge in [-0.1, -0.05) is 31.5 Å². The number of aryl methyl sites for hydroxylation is 1. The molecule has 0 saturated carbocycles. The number of hydrogen-bond acceptors (Lipinski definition) is 2. The van der Waals surface area contributed by atoms with Crippen LogP contribution in [0.25, 0.3) is 0 Å². The molecule has 1 rings (SSSR count). The molecule has 0 aliphatic heterocycles. The first-order valence-corrected chi connectivity index (χ1v) is 6.17. The molecular formula is C13H19ClN2O. The number of benzene rings is 1. The van der Waals surface area contributed by atoms with Crippen LogP contribution >= 0.6 is 11.6 Å². The smallest absolute Gasteiger partial charge is 0.244 e. The van der Waals surface area contributed by atoms with Crippen molar-refractivity contribution in [1.29, 1.82) is 0 Å². The Kier molecular flexibility index (Phi) is 4.54. The summed E-state index contributed by atoms with van der Waals surface area (Å²) in [6.07, 6.45) is 1.19. The van der Waals surface area contributed by atoms with Crippen LogP contribution in [-0.2, 0) is 4.79 Å². The zero-order chi connectivity index (χ0) is 13.1. The van der Waals surface area contributed by atoms with Crippen molar-refractivity contribution >= 4 is 23.2 Å². The summed E-state index contributed by atoms with van der Waals surface area (Å²) < 4.78 is 0. The number of carbonyl (C=O) groups excluding carboxylic acids is 1. The first-order chi connectivity index (χ1) is 7.92. The number of halogens is 1. The molecule has 0 fully saturated rings. The van der Waals surface area contributed by atoms with Gasteiger partial charge in [0.1, 0.15) is 0 Å². The zero-order valence-electron chi connectivity index (χ0n) is 10.5. The van der Waals surface area contributed by atoms with E-state index < -0.39 is 5.54 Å². The Labute approximate surface area is 107 Å². The summed E-state index contributed by atoms with van der Waals surface area (Å²) in [6.45, 7) is 5.75. The van der Waals surface area contributed by atoms with E-state index in [1.807, 2.05) is 32.9 Å². The number of hydrogen-bond donors (Lipinski definition) is 2. The minimum atomic E-state index is -0.826. The van der Waals surface area contributed by atoms with Gasteiger partial charge in [0.25, 0.3) is 0 Å². The number of anilines is 1. The summed E-state index contributed by atoms with van der Waals surface area (Å²) in [7, 11) is 0. The number of carbonyl (C=O) groups is 1. The molecule has 1 aromatic rings. The van der Waals surface area contributed by atoms with Gasteiger partial charge in [-0.05, 0) is 37.5 Å². The van der Waals surface area contributed by atoms with E-state index >= 15 is 0 Å². The Balaban J connectivity index is 2.91. The minimum Gasteiger partial charge on any atom is -0.323 e. The largest absolute Gasteiger partial charge is 0.323 e. The lowest BCUT2D eigenvalue weighted by atomic mass is 9.93. The normalized spacial score (nSPS) is 11.4. The van der Waals surface area contributed by atoms with Crippen molar-refractivity contribution in [3.05, 3.63) is 28.8 Å².